The minimum Gasteiger partial charge on any atom is -0.481 e. The van der Waals surface area contributed by atoms with E-state index in [0.717, 1.165) is 0 Å². The Hall–Kier alpha value is -1.60. The largest absolute Gasteiger partial charge is 0.481 e. The van der Waals surface area contributed by atoms with Gasteiger partial charge in [0.05, 0.1) is 32.6 Å². The molecule has 1 aliphatic heterocycles. The third-order valence-electron chi connectivity index (χ3n) is 3.16. The Balaban J connectivity index is 2.23. The molecule has 1 fully saturated rings. The Bertz CT molecular complexity index is 499. The van der Waals surface area contributed by atoms with Crippen molar-refractivity contribution in [1.82, 2.24) is 9.97 Å². The van der Waals surface area contributed by atoms with E-state index < -0.39 is 17.4 Å². The maximum atomic E-state index is 11.3. The number of ether oxygens (including phenoxy) is 2. The predicted octanol–water partition coefficient (Wildman–Crippen LogP) is 1.04. The number of nitrogens with zero attached hydrogens (tertiary/aromatic N) is 2. The summed E-state index contributed by atoms with van der Waals surface area (Å²) in [5.41, 5.74) is -1.03. The molecular weight excluding hydrogens is 274 g/mol. The van der Waals surface area contributed by atoms with Gasteiger partial charge in [0.15, 0.2) is 5.82 Å². The smallest absolute Gasteiger partial charge is 0.318 e. The number of carboxylic acid groups (broad SMARTS) is 1. The molecule has 0 radical (unpaired) electrons. The molecule has 0 bridgehead atoms. The Morgan fingerprint density at radius 3 is 3.11 bits per heavy atom. The monoisotopic (exact) mass is 287 g/mol. The van der Waals surface area contributed by atoms with Gasteiger partial charge in [-0.15, -0.1) is 0 Å². The van der Waals surface area contributed by atoms with Crippen molar-refractivity contribution >= 4 is 23.4 Å². The summed E-state index contributed by atoms with van der Waals surface area (Å²) in [6.07, 6.45) is 1.39. The highest BCUT2D eigenvalue weighted by molar-refractivity contribution is 6.32. The van der Waals surface area contributed by atoms with E-state index in [9.17, 15) is 9.90 Å². The normalized spacial score (nSPS) is 26.2. The van der Waals surface area contributed by atoms with Crippen LogP contribution in [0, 0.1) is 5.41 Å². The van der Waals surface area contributed by atoms with Gasteiger partial charge in [0.1, 0.15) is 10.4 Å². The fourth-order valence-corrected chi connectivity index (χ4v) is 1.95. The van der Waals surface area contributed by atoms with E-state index in [1.54, 1.807) is 6.92 Å². The van der Waals surface area contributed by atoms with E-state index in [1.807, 2.05) is 0 Å². The summed E-state index contributed by atoms with van der Waals surface area (Å²) in [5.74, 6) is -0.601. The maximum Gasteiger partial charge on any atom is 0.318 e. The van der Waals surface area contributed by atoms with Crippen LogP contribution in [0.4, 0.5) is 5.82 Å². The van der Waals surface area contributed by atoms with Crippen LogP contribution in [0.5, 0.6) is 6.01 Å². The summed E-state index contributed by atoms with van der Waals surface area (Å²) in [7, 11) is 1.44. The number of halogens is 1. The standard InChI is InChI=1S/C11H14ClN3O4/c1-11(9(16)17)5-19-4-7(11)14-8-6(12)3-13-10(15-8)18-2/h3,7H,4-5H2,1-2H3,(H,16,17)(H,13,14,15). The fraction of sp³-hybridized carbons (Fsp3) is 0.545. The molecule has 2 N–H and O–H groups in total. The lowest BCUT2D eigenvalue weighted by molar-refractivity contribution is -0.148. The van der Waals surface area contributed by atoms with Crippen LogP contribution in [-0.4, -0.2) is 47.4 Å². The first kappa shape index (κ1) is 13.8. The second-order valence-corrected chi connectivity index (χ2v) is 4.90. The molecule has 0 saturated carbocycles. The number of aromatic nitrogens is 2. The molecule has 2 atom stereocenters. The Labute approximate surface area is 114 Å². The Kier molecular flexibility index (Phi) is 3.77. The zero-order valence-electron chi connectivity index (χ0n) is 10.5. The second kappa shape index (κ2) is 5.18. The molecule has 0 amide bonds. The van der Waals surface area contributed by atoms with Crippen LogP contribution < -0.4 is 10.1 Å². The van der Waals surface area contributed by atoms with Crippen molar-refractivity contribution in [3.63, 3.8) is 0 Å². The minimum absolute atomic E-state index is 0.139. The average molecular weight is 288 g/mol. The van der Waals surface area contributed by atoms with E-state index in [2.05, 4.69) is 15.3 Å². The number of carboxylic acids is 1. The van der Waals surface area contributed by atoms with Gasteiger partial charge in [-0.25, -0.2) is 4.98 Å². The van der Waals surface area contributed by atoms with Crippen LogP contribution in [0.1, 0.15) is 6.92 Å². The van der Waals surface area contributed by atoms with Gasteiger partial charge in [0.25, 0.3) is 0 Å². The van der Waals surface area contributed by atoms with Crippen molar-refractivity contribution in [1.29, 1.82) is 0 Å². The van der Waals surface area contributed by atoms with Crippen LogP contribution in [0.15, 0.2) is 6.20 Å². The molecule has 1 saturated heterocycles. The summed E-state index contributed by atoms with van der Waals surface area (Å²) >= 11 is 5.97. The van der Waals surface area contributed by atoms with Crippen LogP contribution in [0.3, 0.4) is 0 Å². The molecule has 1 aromatic rings. The van der Waals surface area contributed by atoms with Gasteiger partial charge in [-0.3, -0.25) is 4.79 Å². The van der Waals surface area contributed by atoms with Crippen molar-refractivity contribution in [2.24, 2.45) is 5.41 Å². The van der Waals surface area contributed by atoms with E-state index in [-0.39, 0.29) is 19.2 Å². The molecule has 19 heavy (non-hydrogen) atoms. The molecule has 8 heteroatoms. The van der Waals surface area contributed by atoms with E-state index >= 15 is 0 Å². The second-order valence-electron chi connectivity index (χ2n) is 4.49. The van der Waals surface area contributed by atoms with E-state index in [1.165, 1.54) is 13.3 Å². The number of rotatable bonds is 4. The number of carbonyl (C=O) groups is 1. The van der Waals surface area contributed by atoms with Crippen LogP contribution in [0.25, 0.3) is 0 Å². The van der Waals surface area contributed by atoms with Gasteiger partial charge < -0.3 is 19.9 Å². The molecule has 104 valence electrons. The third kappa shape index (κ3) is 2.57. The SMILES string of the molecule is COc1ncc(Cl)c(NC2COCC2(C)C(=O)O)n1. The highest BCUT2D eigenvalue weighted by Gasteiger charge is 2.47. The lowest BCUT2D eigenvalue weighted by Crippen LogP contribution is -2.43. The number of aliphatic carboxylic acids is 1. The molecule has 2 unspecified atom stereocenters. The van der Waals surface area contributed by atoms with Crippen molar-refractivity contribution < 1.29 is 19.4 Å². The topological polar surface area (TPSA) is 93.6 Å². The van der Waals surface area contributed by atoms with Gasteiger partial charge in [-0.05, 0) is 6.92 Å². The summed E-state index contributed by atoms with van der Waals surface area (Å²) in [4.78, 5) is 19.2. The van der Waals surface area contributed by atoms with Gasteiger partial charge in [-0.2, -0.15) is 4.98 Å². The number of nitrogens with one attached hydrogen (secondary N) is 1. The Morgan fingerprint density at radius 2 is 2.47 bits per heavy atom. The molecule has 0 aromatic carbocycles. The number of anilines is 1. The Morgan fingerprint density at radius 1 is 1.74 bits per heavy atom. The highest BCUT2D eigenvalue weighted by Crippen LogP contribution is 2.32. The lowest BCUT2D eigenvalue weighted by Gasteiger charge is -2.26. The first-order valence-electron chi connectivity index (χ1n) is 5.61. The summed E-state index contributed by atoms with van der Waals surface area (Å²) in [6, 6.07) is -0.273. The molecule has 2 rings (SSSR count). The average Bonchev–Trinajstić information content (AvgIpc) is 2.75. The lowest BCUT2D eigenvalue weighted by atomic mass is 9.85. The number of hydrogen-bond donors (Lipinski definition) is 2. The van der Waals surface area contributed by atoms with E-state index in [0.29, 0.717) is 10.8 Å². The molecule has 7 nitrogen and oxygen atoms in total. The van der Waals surface area contributed by atoms with Crippen LogP contribution in [0.2, 0.25) is 5.02 Å². The first-order valence-corrected chi connectivity index (χ1v) is 5.99. The third-order valence-corrected chi connectivity index (χ3v) is 3.44. The van der Waals surface area contributed by atoms with Gasteiger partial charge >= 0.3 is 12.0 Å². The highest BCUT2D eigenvalue weighted by atomic mass is 35.5. The fourth-order valence-electron chi connectivity index (χ4n) is 1.80. The molecule has 0 aliphatic carbocycles. The van der Waals surface area contributed by atoms with Crippen molar-refractivity contribution in [2.45, 2.75) is 13.0 Å². The van der Waals surface area contributed by atoms with E-state index in [4.69, 9.17) is 21.1 Å². The van der Waals surface area contributed by atoms with Crippen molar-refractivity contribution in [3.8, 4) is 6.01 Å². The predicted molar refractivity (Wildman–Crippen MR) is 67.6 cm³/mol. The van der Waals surface area contributed by atoms with Gasteiger partial charge in [0, 0.05) is 0 Å². The maximum absolute atomic E-state index is 11.3. The molecule has 1 aliphatic rings. The summed E-state index contributed by atoms with van der Waals surface area (Å²) in [6.45, 7) is 2.03. The molecule has 2 heterocycles. The van der Waals surface area contributed by atoms with Crippen molar-refractivity contribution in [2.75, 3.05) is 25.6 Å². The quantitative estimate of drug-likeness (QED) is 0.854. The molecule has 0 spiro atoms. The van der Waals surface area contributed by atoms with Crippen molar-refractivity contribution in [3.05, 3.63) is 11.2 Å². The van der Waals surface area contributed by atoms with Gasteiger partial charge in [-0.1, -0.05) is 11.6 Å². The molecule has 1 aromatic heterocycles. The first-order chi connectivity index (χ1) is 8.97. The number of hydrogen-bond acceptors (Lipinski definition) is 6. The summed E-state index contributed by atoms with van der Waals surface area (Å²) < 4.78 is 10.1. The number of methoxy groups -OCH3 is 1. The minimum atomic E-state index is -1.03. The summed E-state index contributed by atoms with van der Waals surface area (Å²) in [5, 5.41) is 12.6. The molecular formula is C11H14ClN3O4. The zero-order valence-corrected chi connectivity index (χ0v) is 11.3. The zero-order chi connectivity index (χ0) is 14.0. The van der Waals surface area contributed by atoms with Crippen LogP contribution >= 0.6 is 11.6 Å². The van der Waals surface area contributed by atoms with Gasteiger partial charge in [0.2, 0.25) is 0 Å². The van der Waals surface area contributed by atoms with Crippen LogP contribution in [-0.2, 0) is 9.53 Å².